The third-order valence-corrected chi connectivity index (χ3v) is 3.56. The summed E-state index contributed by atoms with van der Waals surface area (Å²) in [5.74, 6) is -0.766. The Bertz CT molecular complexity index is 946. The maximum absolute atomic E-state index is 11.5. The van der Waals surface area contributed by atoms with Gasteiger partial charge in [0.15, 0.2) is 5.69 Å². The molecule has 126 valence electrons. The van der Waals surface area contributed by atoms with Crippen molar-refractivity contribution in [3.05, 3.63) is 60.4 Å². The summed E-state index contributed by atoms with van der Waals surface area (Å²) in [6.07, 6.45) is 1.48. The molecule has 0 aliphatic rings. The number of urea groups is 1. The zero-order valence-corrected chi connectivity index (χ0v) is 13.1. The van der Waals surface area contributed by atoms with Crippen LogP contribution in [0.1, 0.15) is 10.5 Å². The smallest absolute Gasteiger partial charge is 0.316 e. The second kappa shape index (κ2) is 6.36. The van der Waals surface area contributed by atoms with Crippen LogP contribution in [0.3, 0.4) is 0 Å². The Labute approximate surface area is 143 Å². The van der Waals surface area contributed by atoms with E-state index in [4.69, 9.17) is 17.2 Å². The van der Waals surface area contributed by atoms with Crippen molar-refractivity contribution in [2.45, 2.75) is 0 Å². The van der Waals surface area contributed by atoms with Crippen LogP contribution in [0.25, 0.3) is 16.8 Å². The van der Waals surface area contributed by atoms with Crippen molar-refractivity contribution in [2.24, 2.45) is 11.5 Å². The molecule has 7 N–H and O–H groups in total. The van der Waals surface area contributed by atoms with Gasteiger partial charge in [0.05, 0.1) is 17.6 Å². The Kier molecular flexibility index (Phi) is 4.09. The quantitative estimate of drug-likeness (QED) is 0.538. The van der Waals surface area contributed by atoms with Gasteiger partial charge in [-0.2, -0.15) is 5.10 Å². The Morgan fingerprint density at radius 3 is 2.36 bits per heavy atom. The summed E-state index contributed by atoms with van der Waals surface area (Å²) in [4.78, 5) is 22.6. The van der Waals surface area contributed by atoms with Gasteiger partial charge >= 0.3 is 6.03 Å². The highest BCUT2D eigenvalue weighted by Gasteiger charge is 2.16. The molecular weight excluding hydrogens is 320 g/mol. The first-order chi connectivity index (χ1) is 11.9. The van der Waals surface area contributed by atoms with Crippen molar-refractivity contribution in [1.29, 1.82) is 0 Å². The maximum atomic E-state index is 11.5. The molecule has 0 aliphatic heterocycles. The number of rotatable bonds is 4. The number of nitrogens with one attached hydrogen (secondary N) is 1. The van der Waals surface area contributed by atoms with E-state index in [1.165, 1.54) is 10.9 Å². The predicted octanol–water partition coefficient (Wildman–Crippen LogP) is 1.71. The summed E-state index contributed by atoms with van der Waals surface area (Å²) < 4.78 is 1.45. The molecule has 25 heavy (non-hydrogen) atoms. The van der Waals surface area contributed by atoms with Gasteiger partial charge in [0.2, 0.25) is 0 Å². The molecule has 3 aromatic rings. The minimum Gasteiger partial charge on any atom is -0.399 e. The zero-order chi connectivity index (χ0) is 18.0. The van der Waals surface area contributed by atoms with Gasteiger partial charge in [0.25, 0.3) is 5.91 Å². The van der Waals surface area contributed by atoms with E-state index in [1.807, 2.05) is 48.5 Å². The summed E-state index contributed by atoms with van der Waals surface area (Å²) in [5, 5.41) is 6.47. The third kappa shape index (κ3) is 3.42. The van der Waals surface area contributed by atoms with E-state index in [1.54, 1.807) is 0 Å². The second-order valence-corrected chi connectivity index (χ2v) is 5.36. The van der Waals surface area contributed by atoms with E-state index in [2.05, 4.69) is 10.4 Å². The van der Waals surface area contributed by atoms with Crippen molar-refractivity contribution >= 4 is 23.3 Å². The number of nitrogens with two attached hydrogens (primary N) is 3. The van der Waals surface area contributed by atoms with Gasteiger partial charge in [0.1, 0.15) is 0 Å². The molecule has 3 rings (SSSR count). The zero-order valence-electron chi connectivity index (χ0n) is 13.1. The van der Waals surface area contributed by atoms with Crippen LogP contribution in [0.5, 0.6) is 0 Å². The van der Waals surface area contributed by atoms with E-state index < -0.39 is 11.9 Å². The fourth-order valence-electron chi connectivity index (χ4n) is 2.42. The normalized spacial score (nSPS) is 10.4. The topological polar surface area (TPSA) is 142 Å². The van der Waals surface area contributed by atoms with Crippen LogP contribution < -0.4 is 22.5 Å². The van der Waals surface area contributed by atoms with Crippen LogP contribution in [0.2, 0.25) is 0 Å². The summed E-state index contributed by atoms with van der Waals surface area (Å²) in [7, 11) is 0. The van der Waals surface area contributed by atoms with E-state index in [0.717, 1.165) is 11.1 Å². The van der Waals surface area contributed by atoms with E-state index >= 15 is 0 Å². The lowest BCUT2D eigenvalue weighted by Crippen LogP contribution is -2.22. The molecule has 0 radical (unpaired) electrons. The summed E-state index contributed by atoms with van der Waals surface area (Å²) in [6, 6.07) is 14.1. The van der Waals surface area contributed by atoms with Gasteiger partial charge in [-0.1, -0.05) is 24.3 Å². The summed E-state index contributed by atoms with van der Waals surface area (Å²) in [6.45, 7) is 0. The van der Waals surface area contributed by atoms with Crippen LogP contribution >= 0.6 is 0 Å². The lowest BCUT2D eigenvalue weighted by atomic mass is 10.0. The number of nitrogens with zero attached hydrogens (tertiary/aromatic N) is 2. The third-order valence-electron chi connectivity index (χ3n) is 3.56. The molecule has 0 saturated heterocycles. The first kappa shape index (κ1) is 16.1. The van der Waals surface area contributed by atoms with Gasteiger partial charge in [-0.05, 0) is 35.4 Å². The van der Waals surface area contributed by atoms with Crippen LogP contribution in [0, 0.1) is 0 Å². The summed E-state index contributed by atoms with van der Waals surface area (Å²) >= 11 is 0. The number of amides is 3. The minimum atomic E-state index is -0.808. The fraction of sp³-hybridized carbons (Fsp3) is 0. The molecule has 0 spiro atoms. The first-order valence-electron chi connectivity index (χ1n) is 7.36. The Hall–Kier alpha value is -3.81. The van der Waals surface area contributed by atoms with Crippen molar-refractivity contribution < 1.29 is 9.59 Å². The van der Waals surface area contributed by atoms with E-state index in [9.17, 15) is 9.59 Å². The van der Waals surface area contributed by atoms with Crippen LogP contribution in [-0.4, -0.2) is 21.7 Å². The van der Waals surface area contributed by atoms with Gasteiger partial charge in [-0.25, -0.2) is 9.48 Å². The van der Waals surface area contributed by atoms with Crippen molar-refractivity contribution in [3.63, 3.8) is 0 Å². The van der Waals surface area contributed by atoms with Crippen LogP contribution in [-0.2, 0) is 0 Å². The van der Waals surface area contributed by atoms with Gasteiger partial charge in [-0.15, -0.1) is 0 Å². The van der Waals surface area contributed by atoms with Gasteiger partial charge in [0, 0.05) is 5.69 Å². The maximum Gasteiger partial charge on any atom is 0.316 e. The Morgan fingerprint density at radius 2 is 1.72 bits per heavy atom. The molecule has 3 amide bonds. The largest absolute Gasteiger partial charge is 0.399 e. The minimum absolute atomic E-state index is 0.0725. The molecule has 0 bridgehead atoms. The second-order valence-electron chi connectivity index (χ2n) is 5.36. The first-order valence-corrected chi connectivity index (χ1v) is 7.36. The molecule has 2 aromatic carbocycles. The average molecular weight is 336 g/mol. The number of aromatic nitrogens is 2. The number of nitrogen functional groups attached to an aromatic ring is 1. The number of hydrogen-bond acceptors (Lipinski definition) is 4. The number of benzene rings is 2. The predicted molar refractivity (Wildman–Crippen MR) is 95.1 cm³/mol. The highest BCUT2D eigenvalue weighted by molar-refractivity contribution is 6.00. The molecule has 0 aliphatic carbocycles. The number of anilines is 2. The molecule has 8 heteroatoms. The van der Waals surface area contributed by atoms with E-state index in [0.29, 0.717) is 11.4 Å². The molecule has 0 atom stereocenters. The summed E-state index contributed by atoms with van der Waals surface area (Å²) in [5.41, 5.74) is 19.5. The van der Waals surface area contributed by atoms with E-state index in [-0.39, 0.29) is 11.4 Å². The number of carbonyl (C=O) groups is 2. The highest BCUT2D eigenvalue weighted by atomic mass is 16.2. The van der Waals surface area contributed by atoms with Crippen LogP contribution in [0.15, 0.2) is 54.7 Å². The SMILES string of the molecule is NC(=O)Nc1cn(-c2cccc(-c3ccc(N)cc3)c2)nc1C(N)=O. The molecule has 0 fully saturated rings. The van der Waals surface area contributed by atoms with Gasteiger partial charge in [-0.3, -0.25) is 4.79 Å². The fourth-order valence-corrected chi connectivity index (χ4v) is 2.42. The molecule has 1 aromatic heterocycles. The highest BCUT2D eigenvalue weighted by Crippen LogP contribution is 2.24. The van der Waals surface area contributed by atoms with Crippen molar-refractivity contribution in [1.82, 2.24) is 9.78 Å². The molecule has 0 saturated carbocycles. The Balaban J connectivity index is 2.02. The average Bonchev–Trinajstić information content (AvgIpc) is 2.99. The molecule has 0 unspecified atom stereocenters. The standard InChI is InChI=1S/C17H16N6O2/c18-12-6-4-10(5-7-12)11-2-1-3-13(8-11)23-9-14(21-17(20)25)15(22-23)16(19)24/h1-9H,18H2,(H2,19,24)(H3,20,21,25). The van der Waals surface area contributed by atoms with Crippen LogP contribution in [0.4, 0.5) is 16.2 Å². The van der Waals surface area contributed by atoms with Gasteiger partial charge < -0.3 is 22.5 Å². The monoisotopic (exact) mass is 336 g/mol. The molecular formula is C17H16N6O2. The van der Waals surface area contributed by atoms with Crippen molar-refractivity contribution in [3.8, 4) is 16.8 Å². The lowest BCUT2D eigenvalue weighted by molar-refractivity contribution is 0.0996. The number of primary amides is 2. The number of hydrogen-bond donors (Lipinski definition) is 4. The molecule has 8 nitrogen and oxygen atoms in total. The Morgan fingerprint density at radius 1 is 1.00 bits per heavy atom. The molecule has 1 heterocycles. The lowest BCUT2D eigenvalue weighted by Gasteiger charge is -2.06. The number of carbonyl (C=O) groups excluding carboxylic acids is 2. The van der Waals surface area contributed by atoms with Crippen molar-refractivity contribution in [2.75, 3.05) is 11.1 Å².